The number of aromatic nitrogens is 1. The van der Waals surface area contributed by atoms with Crippen LogP contribution in [0.5, 0.6) is 0 Å². The maximum absolute atomic E-state index is 12.1. The van der Waals surface area contributed by atoms with Gasteiger partial charge in [0.05, 0.1) is 22.2 Å². The van der Waals surface area contributed by atoms with E-state index in [4.69, 9.17) is 23.2 Å². The first-order chi connectivity index (χ1) is 10.9. The van der Waals surface area contributed by atoms with Gasteiger partial charge in [-0.2, -0.15) is 0 Å². The Balaban J connectivity index is 1.98. The molecule has 0 atom stereocenters. The molecule has 0 aliphatic rings. The number of halogens is 2. The summed E-state index contributed by atoms with van der Waals surface area (Å²) in [7, 11) is 1.49. The fourth-order valence-electron chi connectivity index (χ4n) is 1.83. The summed E-state index contributed by atoms with van der Waals surface area (Å²) in [6.07, 6.45) is 1.30. The van der Waals surface area contributed by atoms with Crippen molar-refractivity contribution in [2.75, 3.05) is 18.9 Å². The topological polar surface area (TPSA) is 82.3 Å². The SMILES string of the molecule is CN(CC(=O)Nc1ccc(Cl)c(Cl)c1)C(=O)c1ccc(=O)[nH]c1. The minimum Gasteiger partial charge on any atom is -0.332 e. The van der Waals surface area contributed by atoms with Crippen LogP contribution in [-0.2, 0) is 4.79 Å². The van der Waals surface area contributed by atoms with Gasteiger partial charge in [0.1, 0.15) is 0 Å². The van der Waals surface area contributed by atoms with Gasteiger partial charge in [0.2, 0.25) is 11.5 Å². The number of nitrogens with one attached hydrogen (secondary N) is 2. The largest absolute Gasteiger partial charge is 0.332 e. The van der Waals surface area contributed by atoms with Gasteiger partial charge < -0.3 is 15.2 Å². The van der Waals surface area contributed by atoms with Crippen molar-refractivity contribution in [1.82, 2.24) is 9.88 Å². The zero-order chi connectivity index (χ0) is 17.0. The number of hydrogen-bond acceptors (Lipinski definition) is 3. The van der Waals surface area contributed by atoms with Crippen LogP contribution < -0.4 is 10.9 Å². The highest BCUT2D eigenvalue weighted by molar-refractivity contribution is 6.42. The summed E-state index contributed by atoms with van der Waals surface area (Å²) in [5.41, 5.74) is 0.463. The Labute approximate surface area is 142 Å². The van der Waals surface area contributed by atoms with E-state index in [9.17, 15) is 14.4 Å². The maximum Gasteiger partial charge on any atom is 0.255 e. The Hall–Kier alpha value is -2.31. The Morgan fingerprint density at radius 2 is 1.91 bits per heavy atom. The number of H-pyrrole nitrogens is 1. The van der Waals surface area contributed by atoms with Gasteiger partial charge in [0.25, 0.3) is 5.91 Å². The fraction of sp³-hybridized carbons (Fsp3) is 0.133. The summed E-state index contributed by atoms with van der Waals surface area (Å²) in [5, 5.41) is 3.33. The van der Waals surface area contributed by atoms with Crippen molar-refractivity contribution in [2.24, 2.45) is 0 Å². The van der Waals surface area contributed by atoms with E-state index in [2.05, 4.69) is 10.3 Å². The van der Waals surface area contributed by atoms with Crippen molar-refractivity contribution in [3.63, 3.8) is 0 Å². The molecule has 0 bridgehead atoms. The van der Waals surface area contributed by atoms with E-state index in [1.807, 2.05) is 0 Å². The average molecular weight is 354 g/mol. The highest BCUT2D eigenvalue weighted by atomic mass is 35.5. The number of aromatic amines is 1. The number of carbonyl (C=O) groups is 2. The molecule has 2 amide bonds. The molecule has 23 heavy (non-hydrogen) atoms. The van der Waals surface area contributed by atoms with Crippen LogP contribution in [0.2, 0.25) is 10.0 Å². The molecule has 2 rings (SSSR count). The second kappa shape index (κ2) is 7.30. The number of carbonyl (C=O) groups excluding carboxylic acids is 2. The van der Waals surface area contributed by atoms with E-state index in [0.29, 0.717) is 15.7 Å². The first-order valence-electron chi connectivity index (χ1n) is 6.56. The highest BCUT2D eigenvalue weighted by Gasteiger charge is 2.15. The van der Waals surface area contributed by atoms with Crippen LogP contribution in [0.4, 0.5) is 5.69 Å². The zero-order valence-corrected chi connectivity index (χ0v) is 13.6. The van der Waals surface area contributed by atoms with Gasteiger partial charge >= 0.3 is 0 Å². The third kappa shape index (κ3) is 4.58. The fourth-order valence-corrected chi connectivity index (χ4v) is 2.12. The van der Waals surface area contributed by atoms with Crippen LogP contribution >= 0.6 is 23.2 Å². The van der Waals surface area contributed by atoms with Crippen LogP contribution in [0.1, 0.15) is 10.4 Å². The Morgan fingerprint density at radius 1 is 1.17 bits per heavy atom. The smallest absolute Gasteiger partial charge is 0.255 e. The van der Waals surface area contributed by atoms with Gasteiger partial charge in [-0.15, -0.1) is 0 Å². The van der Waals surface area contributed by atoms with Gasteiger partial charge in [-0.1, -0.05) is 23.2 Å². The minimum atomic E-state index is -0.385. The molecule has 1 aromatic heterocycles. The molecule has 8 heteroatoms. The van der Waals surface area contributed by atoms with Gasteiger partial charge in [-0.25, -0.2) is 0 Å². The molecule has 0 radical (unpaired) electrons. The van der Waals surface area contributed by atoms with Crippen LogP contribution in [0, 0.1) is 0 Å². The van der Waals surface area contributed by atoms with E-state index in [1.54, 1.807) is 12.1 Å². The standard InChI is InChI=1S/C15H13Cl2N3O3/c1-20(15(23)9-2-5-13(21)18-7-9)8-14(22)19-10-3-4-11(16)12(17)6-10/h2-7H,8H2,1H3,(H,18,21)(H,19,22). The second-order valence-corrected chi connectivity index (χ2v) is 5.59. The molecule has 120 valence electrons. The molecule has 0 spiro atoms. The molecule has 2 aromatic rings. The number of rotatable bonds is 4. The van der Waals surface area contributed by atoms with Crippen molar-refractivity contribution in [1.29, 1.82) is 0 Å². The molecule has 0 fully saturated rings. The number of hydrogen-bond donors (Lipinski definition) is 2. The molecular weight excluding hydrogens is 341 g/mol. The van der Waals surface area contributed by atoms with Crippen molar-refractivity contribution in [3.8, 4) is 0 Å². The van der Waals surface area contributed by atoms with Crippen molar-refractivity contribution < 1.29 is 9.59 Å². The Morgan fingerprint density at radius 3 is 2.52 bits per heavy atom. The van der Waals surface area contributed by atoms with Crippen LogP contribution in [0.3, 0.4) is 0 Å². The highest BCUT2D eigenvalue weighted by Crippen LogP contribution is 2.24. The molecule has 1 heterocycles. The molecular formula is C15H13Cl2N3O3. The summed E-state index contributed by atoms with van der Waals surface area (Å²) < 4.78 is 0. The van der Waals surface area contributed by atoms with Gasteiger partial charge in [-0.3, -0.25) is 14.4 Å². The van der Waals surface area contributed by atoms with E-state index in [1.165, 1.54) is 36.3 Å². The quantitative estimate of drug-likeness (QED) is 0.885. The summed E-state index contributed by atoms with van der Waals surface area (Å²) in [6.45, 7) is -0.155. The summed E-state index contributed by atoms with van der Waals surface area (Å²) >= 11 is 11.7. The molecule has 0 saturated carbocycles. The van der Waals surface area contributed by atoms with Crippen molar-refractivity contribution >= 4 is 40.7 Å². The zero-order valence-electron chi connectivity index (χ0n) is 12.1. The molecule has 0 saturated heterocycles. The molecule has 0 aliphatic carbocycles. The monoisotopic (exact) mass is 353 g/mol. The molecule has 0 aliphatic heterocycles. The normalized spacial score (nSPS) is 10.2. The molecule has 0 unspecified atom stereocenters. The van der Waals surface area contributed by atoms with Crippen LogP contribution in [-0.4, -0.2) is 35.3 Å². The van der Waals surface area contributed by atoms with E-state index in [0.717, 1.165) is 0 Å². The number of amides is 2. The van der Waals surface area contributed by atoms with Crippen molar-refractivity contribution in [3.05, 3.63) is 62.5 Å². The molecule has 2 N–H and O–H groups in total. The average Bonchev–Trinajstić information content (AvgIpc) is 2.51. The first-order valence-corrected chi connectivity index (χ1v) is 7.31. The molecule has 1 aromatic carbocycles. The summed E-state index contributed by atoms with van der Waals surface area (Å²) in [6, 6.07) is 7.33. The Kier molecular flexibility index (Phi) is 5.41. The lowest BCUT2D eigenvalue weighted by atomic mass is 10.2. The number of nitrogens with zero attached hydrogens (tertiary/aromatic N) is 1. The number of benzene rings is 1. The van der Waals surface area contributed by atoms with Crippen LogP contribution in [0.25, 0.3) is 0 Å². The third-order valence-corrected chi connectivity index (χ3v) is 3.70. The predicted octanol–water partition coefficient (Wildman–Crippen LogP) is 2.39. The summed E-state index contributed by atoms with van der Waals surface area (Å²) in [5.74, 6) is -0.769. The maximum atomic E-state index is 12.1. The molecule has 6 nitrogen and oxygen atoms in total. The van der Waals surface area contributed by atoms with Crippen LogP contribution in [0.15, 0.2) is 41.3 Å². The minimum absolute atomic E-state index is 0.155. The van der Waals surface area contributed by atoms with E-state index < -0.39 is 0 Å². The Bertz CT molecular complexity index is 784. The lowest BCUT2D eigenvalue weighted by Crippen LogP contribution is -2.35. The summed E-state index contributed by atoms with van der Waals surface area (Å²) in [4.78, 5) is 38.7. The lowest BCUT2D eigenvalue weighted by molar-refractivity contribution is -0.116. The predicted molar refractivity (Wildman–Crippen MR) is 89.1 cm³/mol. The lowest BCUT2D eigenvalue weighted by Gasteiger charge is -2.16. The van der Waals surface area contributed by atoms with E-state index >= 15 is 0 Å². The number of likely N-dealkylation sites (N-methyl/N-ethyl adjacent to an activating group) is 1. The van der Waals surface area contributed by atoms with E-state index in [-0.39, 0.29) is 29.5 Å². The van der Waals surface area contributed by atoms with Gasteiger partial charge in [0.15, 0.2) is 0 Å². The van der Waals surface area contributed by atoms with Gasteiger partial charge in [-0.05, 0) is 24.3 Å². The number of pyridine rings is 1. The van der Waals surface area contributed by atoms with Crippen molar-refractivity contribution in [2.45, 2.75) is 0 Å². The van der Waals surface area contributed by atoms with Gasteiger partial charge in [0, 0.05) is 25.0 Å². The second-order valence-electron chi connectivity index (χ2n) is 4.78. The first kappa shape index (κ1) is 17.1. The number of anilines is 1. The third-order valence-electron chi connectivity index (χ3n) is 2.96.